The molecule has 1 unspecified atom stereocenters. The molecule has 1 aliphatic rings. The Bertz CT molecular complexity index is 707. The monoisotopic (exact) mass is 352 g/mol. The second-order valence-corrected chi connectivity index (χ2v) is 5.88. The van der Waals surface area contributed by atoms with Gasteiger partial charge in [-0.25, -0.2) is 4.39 Å². The van der Waals surface area contributed by atoms with E-state index in [1.165, 1.54) is 29.2 Å². The Hall–Kier alpha value is -2.41. The quantitative estimate of drug-likeness (QED) is 0.558. The van der Waals surface area contributed by atoms with Crippen molar-refractivity contribution in [3.05, 3.63) is 41.9 Å². The van der Waals surface area contributed by atoms with Gasteiger partial charge in [0.2, 0.25) is 11.8 Å². The van der Waals surface area contributed by atoms with Gasteiger partial charge in [-0.2, -0.15) is 0 Å². The van der Waals surface area contributed by atoms with E-state index in [1.54, 1.807) is 20.2 Å². The highest BCUT2D eigenvalue weighted by Gasteiger charge is 2.45. The Balaban J connectivity index is 2.30. The fraction of sp³-hybridized carbons (Fsp3) is 0.312. The number of rotatable bonds is 5. The number of para-hydroxylation sites is 1. The van der Waals surface area contributed by atoms with E-state index in [4.69, 9.17) is 17.0 Å². The highest BCUT2D eigenvalue weighted by atomic mass is 35.5. The third-order valence-corrected chi connectivity index (χ3v) is 4.01. The lowest BCUT2D eigenvalue weighted by molar-refractivity contribution is -0.135. The summed E-state index contributed by atoms with van der Waals surface area (Å²) < 4.78 is 13.7. The number of benzene rings is 1. The molecule has 24 heavy (non-hydrogen) atoms. The molecule has 0 radical (unpaired) electrons. The van der Waals surface area contributed by atoms with E-state index < -0.39 is 23.6 Å². The van der Waals surface area contributed by atoms with Crippen LogP contribution in [-0.4, -0.2) is 42.5 Å². The zero-order valence-corrected chi connectivity index (χ0v) is 14.0. The minimum atomic E-state index is -1.02. The van der Waals surface area contributed by atoms with Gasteiger partial charge in [0.1, 0.15) is 16.9 Å². The van der Waals surface area contributed by atoms with Crippen LogP contribution in [0.4, 0.5) is 10.1 Å². The molecule has 2 atom stereocenters. The van der Waals surface area contributed by atoms with Crippen molar-refractivity contribution in [2.45, 2.75) is 0 Å². The predicted octanol–water partition coefficient (Wildman–Crippen LogP) is 1.79. The smallest absolute Gasteiger partial charge is 0.237 e. The Morgan fingerprint density at radius 2 is 2.12 bits per heavy atom. The van der Waals surface area contributed by atoms with Crippen LogP contribution in [0, 0.1) is 23.1 Å². The van der Waals surface area contributed by atoms with Gasteiger partial charge in [-0.05, 0) is 18.2 Å². The summed E-state index contributed by atoms with van der Waals surface area (Å²) in [4.78, 5) is 26.4. The molecule has 128 valence electrons. The van der Waals surface area contributed by atoms with Crippen molar-refractivity contribution in [1.82, 2.24) is 10.2 Å². The highest BCUT2D eigenvalue weighted by molar-refractivity contribution is 6.67. The van der Waals surface area contributed by atoms with Crippen LogP contribution in [0.2, 0.25) is 0 Å². The molecule has 1 aromatic rings. The van der Waals surface area contributed by atoms with Crippen LogP contribution in [-0.2, 0) is 9.59 Å². The van der Waals surface area contributed by atoms with E-state index >= 15 is 0 Å². The third kappa shape index (κ3) is 3.73. The molecule has 1 saturated heterocycles. The molecule has 1 fully saturated rings. The number of nitrogens with one attached hydrogen (secondary N) is 3. The highest BCUT2D eigenvalue weighted by Crippen LogP contribution is 2.30. The van der Waals surface area contributed by atoms with Gasteiger partial charge in [0.05, 0.1) is 5.69 Å². The minimum Gasteiger partial charge on any atom is -0.391 e. The lowest BCUT2D eigenvalue weighted by atomic mass is 9.91. The van der Waals surface area contributed by atoms with Crippen LogP contribution in [0.1, 0.15) is 0 Å². The number of carbonyl (C=O) groups is 2. The zero-order chi connectivity index (χ0) is 17.9. The second-order valence-electron chi connectivity index (χ2n) is 5.47. The molecular formula is C16H18ClFN4O2. The number of halogens is 2. The van der Waals surface area contributed by atoms with E-state index in [9.17, 15) is 14.0 Å². The number of anilines is 1. The van der Waals surface area contributed by atoms with Crippen LogP contribution in [0.15, 0.2) is 36.0 Å². The number of allylic oxidation sites excluding steroid dienone is 1. The van der Waals surface area contributed by atoms with Crippen molar-refractivity contribution in [3.63, 3.8) is 0 Å². The normalized spacial score (nSPS) is 20.9. The largest absolute Gasteiger partial charge is 0.391 e. The number of likely N-dealkylation sites (tertiary alicyclic amines) is 1. The molecule has 2 amide bonds. The van der Waals surface area contributed by atoms with Crippen LogP contribution in [0.25, 0.3) is 0 Å². The first kappa shape index (κ1) is 17.9. The topological polar surface area (TPSA) is 85.3 Å². The van der Waals surface area contributed by atoms with E-state index in [1.807, 2.05) is 0 Å². The third-order valence-electron chi connectivity index (χ3n) is 3.90. The van der Waals surface area contributed by atoms with Gasteiger partial charge in [0, 0.05) is 32.3 Å². The van der Waals surface area contributed by atoms with Crippen molar-refractivity contribution < 1.29 is 14.0 Å². The van der Waals surface area contributed by atoms with Crippen LogP contribution in [0.5, 0.6) is 0 Å². The molecule has 0 bridgehead atoms. The molecule has 3 N–H and O–H groups in total. The summed E-state index contributed by atoms with van der Waals surface area (Å²) in [5.41, 5.74) is 0.519. The van der Waals surface area contributed by atoms with Gasteiger partial charge in [0.15, 0.2) is 0 Å². The molecular weight excluding hydrogens is 335 g/mol. The molecule has 0 aromatic heterocycles. The summed E-state index contributed by atoms with van der Waals surface area (Å²) >= 11 is 5.60. The van der Waals surface area contributed by atoms with Crippen molar-refractivity contribution >= 4 is 34.3 Å². The lowest BCUT2D eigenvalue weighted by Gasteiger charge is -2.19. The lowest BCUT2D eigenvalue weighted by Crippen LogP contribution is -2.35. The average molecular weight is 353 g/mol. The van der Waals surface area contributed by atoms with Crippen LogP contribution in [0.3, 0.4) is 0 Å². The number of carbonyl (C=O) groups excluding carboxylic acids is 2. The molecule has 2 rings (SSSR count). The first-order valence-electron chi connectivity index (χ1n) is 7.29. The van der Waals surface area contributed by atoms with E-state index in [0.29, 0.717) is 12.2 Å². The maximum absolute atomic E-state index is 13.7. The number of nitrogens with zero attached hydrogens (tertiary/aromatic N) is 1. The van der Waals surface area contributed by atoms with E-state index in [0.717, 1.165) is 0 Å². The molecule has 1 aromatic carbocycles. The van der Waals surface area contributed by atoms with Crippen molar-refractivity contribution in [1.29, 1.82) is 5.41 Å². The van der Waals surface area contributed by atoms with Crippen LogP contribution >= 0.6 is 11.6 Å². The van der Waals surface area contributed by atoms with Crippen molar-refractivity contribution in [2.24, 2.45) is 11.8 Å². The van der Waals surface area contributed by atoms with Gasteiger partial charge >= 0.3 is 0 Å². The molecule has 0 spiro atoms. The van der Waals surface area contributed by atoms with Gasteiger partial charge in [-0.3, -0.25) is 15.0 Å². The van der Waals surface area contributed by atoms with Crippen molar-refractivity contribution in [3.8, 4) is 0 Å². The number of amides is 2. The maximum atomic E-state index is 13.7. The molecule has 0 saturated carbocycles. The Morgan fingerprint density at radius 1 is 1.46 bits per heavy atom. The second kappa shape index (κ2) is 7.44. The van der Waals surface area contributed by atoms with Crippen LogP contribution < -0.4 is 10.6 Å². The summed E-state index contributed by atoms with van der Waals surface area (Å²) in [6, 6.07) is 5.75. The molecule has 0 aliphatic carbocycles. The zero-order valence-electron chi connectivity index (χ0n) is 13.3. The summed E-state index contributed by atoms with van der Waals surface area (Å²) in [6.45, 7) is 0.297. The molecule has 8 heteroatoms. The summed E-state index contributed by atoms with van der Waals surface area (Å²) in [5, 5.41) is 12.5. The number of hydrogen-bond acceptors (Lipinski definition) is 4. The fourth-order valence-electron chi connectivity index (χ4n) is 2.75. The first-order valence-corrected chi connectivity index (χ1v) is 7.66. The standard InChI is InChI=1S/C16H18ClFN4O2/c1-20-12(7-13(17)19)9-8-22(2)16(24)14(9)15(23)21-11-6-4-3-5-10(11)18/h3-7,9,14,19-20H,8H2,1-2H3,(H,21,23)/b12-7-,19-13?/t9?,14-/m0/s1. The average Bonchev–Trinajstić information content (AvgIpc) is 2.82. The summed E-state index contributed by atoms with van der Waals surface area (Å²) in [6.07, 6.45) is 1.36. The molecule has 1 heterocycles. The maximum Gasteiger partial charge on any atom is 0.237 e. The van der Waals surface area contributed by atoms with E-state index in [-0.39, 0.29) is 16.8 Å². The Kier molecular flexibility index (Phi) is 5.56. The summed E-state index contributed by atoms with van der Waals surface area (Å²) in [5.74, 6) is -3.06. The fourth-order valence-corrected chi connectivity index (χ4v) is 2.86. The van der Waals surface area contributed by atoms with Gasteiger partial charge in [-0.15, -0.1) is 0 Å². The Labute approximate surface area is 144 Å². The first-order chi connectivity index (χ1) is 11.3. The minimum absolute atomic E-state index is 0.0173. The molecule has 1 aliphatic heterocycles. The Morgan fingerprint density at radius 3 is 2.71 bits per heavy atom. The van der Waals surface area contributed by atoms with Gasteiger partial charge in [0.25, 0.3) is 0 Å². The van der Waals surface area contributed by atoms with Crippen molar-refractivity contribution in [2.75, 3.05) is 26.0 Å². The van der Waals surface area contributed by atoms with E-state index in [2.05, 4.69) is 10.6 Å². The SMILES string of the molecule is CN/C(=C\C(=N)Cl)C1CN(C)C(=O)[C@@H]1C(=O)Nc1ccccc1F. The van der Waals surface area contributed by atoms with Gasteiger partial charge in [-0.1, -0.05) is 23.7 Å². The number of hydrogen-bond donors (Lipinski definition) is 3. The summed E-state index contributed by atoms with van der Waals surface area (Å²) in [7, 11) is 3.21. The molecule has 6 nitrogen and oxygen atoms in total. The van der Waals surface area contributed by atoms with Gasteiger partial charge < -0.3 is 15.5 Å². The predicted molar refractivity (Wildman–Crippen MR) is 90.4 cm³/mol.